The van der Waals surface area contributed by atoms with Gasteiger partial charge in [-0.3, -0.25) is 10.1 Å². The Balaban J connectivity index is 1.84. The minimum Gasteiger partial charge on any atom is -0.392 e. The van der Waals surface area contributed by atoms with Crippen molar-refractivity contribution in [3.05, 3.63) is 59.2 Å². The molecule has 0 fully saturated rings. The number of aliphatic hydroxyl groups excluding tert-OH is 1. The number of H-pyrrole nitrogens is 1. The number of nitrogens with zero attached hydrogens (tertiary/aromatic N) is 1. The maximum Gasteiger partial charge on any atom is 0.416 e. The van der Waals surface area contributed by atoms with Gasteiger partial charge in [-0.05, 0) is 35.9 Å². The number of amides is 1. The number of aliphatic hydroxyl groups is 1. The van der Waals surface area contributed by atoms with Crippen LogP contribution in [0.1, 0.15) is 21.5 Å². The summed E-state index contributed by atoms with van der Waals surface area (Å²) in [6.07, 6.45) is -4.52. The van der Waals surface area contributed by atoms with Crippen LogP contribution in [0.4, 0.5) is 19.1 Å². The molecule has 3 N–H and O–H groups in total. The lowest BCUT2D eigenvalue weighted by Crippen LogP contribution is -2.14. The second-order valence-electron chi connectivity index (χ2n) is 5.13. The summed E-state index contributed by atoms with van der Waals surface area (Å²) in [5.74, 6) is -0.593. The first-order chi connectivity index (χ1) is 11.4. The summed E-state index contributed by atoms with van der Waals surface area (Å²) >= 11 is 0. The Bertz CT molecular complexity index is 903. The number of imidazole rings is 1. The van der Waals surface area contributed by atoms with Gasteiger partial charge in [-0.25, -0.2) is 4.98 Å². The van der Waals surface area contributed by atoms with Crippen LogP contribution in [0.15, 0.2) is 42.5 Å². The maximum atomic E-state index is 12.7. The summed E-state index contributed by atoms with van der Waals surface area (Å²) in [5, 5.41) is 11.5. The van der Waals surface area contributed by atoms with E-state index in [1.54, 1.807) is 18.2 Å². The highest BCUT2D eigenvalue weighted by Gasteiger charge is 2.30. The van der Waals surface area contributed by atoms with Crippen molar-refractivity contribution >= 4 is 22.9 Å². The molecule has 1 amide bonds. The van der Waals surface area contributed by atoms with E-state index >= 15 is 0 Å². The van der Waals surface area contributed by atoms with Gasteiger partial charge >= 0.3 is 6.18 Å². The largest absolute Gasteiger partial charge is 0.416 e. The number of aromatic nitrogens is 2. The number of hydrogen-bond acceptors (Lipinski definition) is 3. The highest BCUT2D eigenvalue weighted by Crippen LogP contribution is 2.29. The van der Waals surface area contributed by atoms with Gasteiger partial charge < -0.3 is 10.1 Å². The van der Waals surface area contributed by atoms with Crippen LogP contribution in [0, 0.1) is 0 Å². The van der Waals surface area contributed by atoms with Crippen LogP contribution in [0.2, 0.25) is 0 Å². The summed E-state index contributed by atoms with van der Waals surface area (Å²) < 4.78 is 38.1. The Morgan fingerprint density at radius 1 is 1.21 bits per heavy atom. The minimum atomic E-state index is -4.52. The molecule has 0 radical (unpaired) electrons. The number of hydrogen-bond donors (Lipinski definition) is 3. The molecule has 0 unspecified atom stereocenters. The van der Waals surface area contributed by atoms with Gasteiger partial charge in [-0.1, -0.05) is 12.1 Å². The van der Waals surface area contributed by atoms with Crippen molar-refractivity contribution in [2.75, 3.05) is 5.32 Å². The SMILES string of the molecule is O=C(Nc1nc2ccc(CO)cc2[nH]1)c1cccc(C(F)(F)F)c1. The van der Waals surface area contributed by atoms with Crippen LogP contribution in [-0.2, 0) is 12.8 Å². The second-order valence-corrected chi connectivity index (χ2v) is 5.13. The first-order valence-corrected chi connectivity index (χ1v) is 6.95. The van der Waals surface area contributed by atoms with Crippen LogP contribution in [-0.4, -0.2) is 21.0 Å². The van der Waals surface area contributed by atoms with Crippen molar-refractivity contribution in [1.82, 2.24) is 9.97 Å². The fraction of sp³-hybridized carbons (Fsp3) is 0.125. The lowest BCUT2D eigenvalue weighted by molar-refractivity contribution is -0.137. The molecule has 3 aromatic rings. The molecule has 0 spiro atoms. The lowest BCUT2D eigenvalue weighted by atomic mass is 10.1. The van der Waals surface area contributed by atoms with E-state index in [0.717, 1.165) is 12.1 Å². The van der Waals surface area contributed by atoms with E-state index in [2.05, 4.69) is 15.3 Å². The van der Waals surface area contributed by atoms with Crippen LogP contribution in [0.5, 0.6) is 0 Å². The molecular formula is C16H12F3N3O2. The van der Waals surface area contributed by atoms with E-state index in [9.17, 15) is 18.0 Å². The number of alkyl halides is 3. The Morgan fingerprint density at radius 2 is 2.00 bits per heavy atom. The molecule has 24 heavy (non-hydrogen) atoms. The average molecular weight is 335 g/mol. The van der Waals surface area contributed by atoms with Crippen LogP contribution < -0.4 is 5.32 Å². The van der Waals surface area contributed by atoms with Gasteiger partial charge in [0.15, 0.2) is 0 Å². The summed E-state index contributed by atoms with van der Waals surface area (Å²) in [7, 11) is 0. The lowest BCUT2D eigenvalue weighted by Gasteiger charge is -2.08. The molecule has 124 valence electrons. The molecular weight excluding hydrogens is 323 g/mol. The standard InChI is InChI=1S/C16H12F3N3O2/c17-16(18,19)11-3-1-2-10(7-11)14(24)22-15-20-12-5-4-9(8-23)6-13(12)21-15/h1-7,23H,8H2,(H2,20,21,22,24). The average Bonchev–Trinajstić information content (AvgIpc) is 2.95. The third kappa shape index (κ3) is 3.23. The summed E-state index contributed by atoms with van der Waals surface area (Å²) in [5.41, 5.74) is 0.808. The molecule has 0 atom stereocenters. The number of rotatable bonds is 3. The molecule has 0 aliphatic rings. The monoisotopic (exact) mass is 335 g/mol. The first kappa shape index (κ1) is 16.0. The van der Waals surface area contributed by atoms with E-state index in [0.29, 0.717) is 16.6 Å². The molecule has 0 aliphatic carbocycles. The van der Waals surface area contributed by atoms with Gasteiger partial charge in [-0.2, -0.15) is 13.2 Å². The molecule has 5 nitrogen and oxygen atoms in total. The zero-order chi connectivity index (χ0) is 17.3. The van der Waals surface area contributed by atoms with Gasteiger partial charge in [0.05, 0.1) is 23.2 Å². The normalized spacial score (nSPS) is 11.7. The number of fused-ring (bicyclic) bond motifs is 1. The molecule has 0 saturated carbocycles. The molecule has 8 heteroatoms. The van der Waals surface area contributed by atoms with Crippen LogP contribution in [0.3, 0.4) is 0 Å². The summed E-state index contributed by atoms with van der Waals surface area (Å²) in [6, 6.07) is 9.15. The number of anilines is 1. The number of halogens is 3. The van der Waals surface area contributed by atoms with E-state index in [1.165, 1.54) is 12.1 Å². The Hall–Kier alpha value is -2.87. The third-order valence-electron chi connectivity index (χ3n) is 3.41. The van der Waals surface area contributed by atoms with Crippen molar-refractivity contribution in [2.45, 2.75) is 12.8 Å². The van der Waals surface area contributed by atoms with Gasteiger partial charge in [0, 0.05) is 5.56 Å². The van der Waals surface area contributed by atoms with Crippen molar-refractivity contribution in [1.29, 1.82) is 0 Å². The quantitative estimate of drug-likeness (QED) is 0.687. The van der Waals surface area contributed by atoms with Gasteiger partial charge in [0.25, 0.3) is 5.91 Å². The Kier molecular flexibility index (Phi) is 3.98. The number of benzene rings is 2. The Morgan fingerprint density at radius 3 is 2.71 bits per heavy atom. The Labute approximate surface area is 134 Å². The molecule has 0 saturated heterocycles. The van der Waals surface area contributed by atoms with Crippen LogP contribution >= 0.6 is 0 Å². The van der Waals surface area contributed by atoms with Crippen molar-refractivity contribution < 1.29 is 23.1 Å². The van der Waals surface area contributed by atoms with Gasteiger partial charge in [0.1, 0.15) is 0 Å². The number of nitrogens with one attached hydrogen (secondary N) is 2. The number of aromatic amines is 1. The molecule has 1 aromatic heterocycles. The summed E-state index contributed by atoms with van der Waals surface area (Å²) in [6.45, 7) is -0.138. The van der Waals surface area contributed by atoms with E-state index in [-0.39, 0.29) is 18.1 Å². The van der Waals surface area contributed by atoms with Crippen molar-refractivity contribution in [3.63, 3.8) is 0 Å². The topological polar surface area (TPSA) is 78.0 Å². The first-order valence-electron chi connectivity index (χ1n) is 6.95. The molecule has 0 aliphatic heterocycles. The molecule has 2 aromatic carbocycles. The predicted molar refractivity (Wildman–Crippen MR) is 81.4 cm³/mol. The zero-order valence-electron chi connectivity index (χ0n) is 12.2. The van der Waals surface area contributed by atoms with E-state index < -0.39 is 17.6 Å². The van der Waals surface area contributed by atoms with E-state index in [4.69, 9.17) is 5.11 Å². The highest BCUT2D eigenvalue weighted by molar-refractivity contribution is 6.04. The molecule has 0 bridgehead atoms. The van der Waals surface area contributed by atoms with Gasteiger partial charge in [-0.15, -0.1) is 0 Å². The summed E-state index contributed by atoms with van der Waals surface area (Å²) in [4.78, 5) is 19.1. The van der Waals surface area contributed by atoms with Crippen LogP contribution in [0.25, 0.3) is 11.0 Å². The van der Waals surface area contributed by atoms with Crippen molar-refractivity contribution in [2.24, 2.45) is 0 Å². The van der Waals surface area contributed by atoms with E-state index in [1.807, 2.05) is 0 Å². The predicted octanol–water partition coefficient (Wildman–Crippen LogP) is 3.33. The highest BCUT2D eigenvalue weighted by atomic mass is 19.4. The number of carbonyl (C=O) groups is 1. The third-order valence-corrected chi connectivity index (χ3v) is 3.41. The maximum absolute atomic E-state index is 12.7. The van der Waals surface area contributed by atoms with Gasteiger partial charge in [0.2, 0.25) is 5.95 Å². The fourth-order valence-electron chi connectivity index (χ4n) is 2.23. The zero-order valence-corrected chi connectivity index (χ0v) is 12.2. The minimum absolute atomic E-state index is 0.113. The molecule has 1 heterocycles. The van der Waals surface area contributed by atoms with Crippen molar-refractivity contribution in [3.8, 4) is 0 Å². The molecule has 3 rings (SSSR count). The smallest absolute Gasteiger partial charge is 0.392 e. The fourth-order valence-corrected chi connectivity index (χ4v) is 2.23. The second kappa shape index (κ2) is 5.97. The number of carbonyl (C=O) groups excluding carboxylic acids is 1.